The highest BCUT2D eigenvalue weighted by molar-refractivity contribution is 5.25. The molecule has 0 radical (unpaired) electrons. The summed E-state index contributed by atoms with van der Waals surface area (Å²) in [6.45, 7) is 5.72. The van der Waals surface area contributed by atoms with Gasteiger partial charge in [0.15, 0.2) is 0 Å². The van der Waals surface area contributed by atoms with Crippen molar-refractivity contribution in [3.8, 4) is 0 Å². The number of benzene rings is 2. The van der Waals surface area contributed by atoms with Gasteiger partial charge in [0.25, 0.3) is 0 Å². The number of likely N-dealkylation sites (tertiary alicyclic amines) is 1. The molecule has 0 aliphatic carbocycles. The molecular formula is C25H31F4NO. The fraction of sp³-hybridized carbons (Fsp3) is 0.520. The summed E-state index contributed by atoms with van der Waals surface area (Å²) in [5.41, 5.74) is 0.962. The molecule has 0 aromatic heterocycles. The van der Waals surface area contributed by atoms with Crippen molar-refractivity contribution in [2.45, 2.75) is 51.3 Å². The molecule has 0 amide bonds. The minimum Gasteiger partial charge on any atom is -0.376 e. The van der Waals surface area contributed by atoms with Gasteiger partial charge in [0, 0.05) is 12.5 Å². The topological polar surface area (TPSA) is 12.5 Å². The third-order valence-corrected chi connectivity index (χ3v) is 6.05. The molecule has 0 N–H and O–H groups in total. The van der Waals surface area contributed by atoms with E-state index in [2.05, 4.69) is 11.8 Å². The second-order valence-electron chi connectivity index (χ2n) is 8.43. The zero-order chi connectivity index (χ0) is 22.3. The number of rotatable bonds is 9. The fourth-order valence-electron chi connectivity index (χ4n) is 4.38. The number of hydrogen-bond acceptors (Lipinski definition) is 2. The zero-order valence-corrected chi connectivity index (χ0v) is 18.0. The third kappa shape index (κ3) is 7.04. The highest BCUT2D eigenvalue weighted by atomic mass is 19.4. The van der Waals surface area contributed by atoms with Crippen molar-refractivity contribution >= 4 is 0 Å². The van der Waals surface area contributed by atoms with E-state index >= 15 is 0 Å². The summed E-state index contributed by atoms with van der Waals surface area (Å²) in [6, 6.07) is 12.0. The maximum absolute atomic E-state index is 13.4. The first kappa shape index (κ1) is 23.7. The molecule has 0 saturated carbocycles. The van der Waals surface area contributed by atoms with Crippen LogP contribution in [0.4, 0.5) is 17.6 Å². The molecule has 1 saturated heterocycles. The van der Waals surface area contributed by atoms with Crippen LogP contribution in [0.3, 0.4) is 0 Å². The average Bonchev–Trinajstić information content (AvgIpc) is 2.75. The maximum Gasteiger partial charge on any atom is 0.416 e. The third-order valence-electron chi connectivity index (χ3n) is 6.05. The smallest absolute Gasteiger partial charge is 0.376 e. The van der Waals surface area contributed by atoms with E-state index in [0.29, 0.717) is 12.2 Å². The SMILES string of the molecule is CCCCCN1CC[C@@H](c2ccc(F)cc2)[C@H](COCc2cccc(C(F)(F)F)c2)C1. The number of unbranched alkanes of at least 4 members (excludes halogenated alkanes) is 2. The molecule has 1 fully saturated rings. The molecule has 1 aliphatic heterocycles. The minimum absolute atomic E-state index is 0.145. The predicted octanol–water partition coefficient (Wildman–Crippen LogP) is 6.66. The number of ether oxygens (including phenoxy) is 1. The molecule has 2 aromatic rings. The number of piperidine rings is 1. The molecule has 0 spiro atoms. The Labute approximate surface area is 182 Å². The molecule has 0 unspecified atom stereocenters. The molecule has 31 heavy (non-hydrogen) atoms. The first-order valence-corrected chi connectivity index (χ1v) is 11.1. The monoisotopic (exact) mass is 437 g/mol. The second kappa shape index (κ2) is 11.1. The first-order valence-electron chi connectivity index (χ1n) is 11.1. The van der Waals surface area contributed by atoms with Crippen LogP contribution in [0.15, 0.2) is 48.5 Å². The number of halogens is 4. The van der Waals surface area contributed by atoms with Crippen LogP contribution in [0.5, 0.6) is 0 Å². The summed E-state index contributed by atoms with van der Waals surface area (Å²) in [6.07, 6.45) is 0.154. The fourth-order valence-corrected chi connectivity index (χ4v) is 4.38. The highest BCUT2D eigenvalue weighted by Gasteiger charge is 2.31. The summed E-state index contributed by atoms with van der Waals surface area (Å²) in [5, 5.41) is 0. The van der Waals surface area contributed by atoms with E-state index in [4.69, 9.17) is 4.74 Å². The van der Waals surface area contributed by atoms with Crippen LogP contribution in [-0.2, 0) is 17.5 Å². The van der Waals surface area contributed by atoms with Crippen LogP contribution in [0.25, 0.3) is 0 Å². The molecule has 2 nitrogen and oxygen atoms in total. The number of hydrogen-bond donors (Lipinski definition) is 0. The Morgan fingerprint density at radius 2 is 1.84 bits per heavy atom. The predicted molar refractivity (Wildman–Crippen MR) is 114 cm³/mol. The molecular weight excluding hydrogens is 406 g/mol. The number of alkyl halides is 3. The van der Waals surface area contributed by atoms with Crippen molar-refractivity contribution in [3.05, 3.63) is 71.0 Å². The van der Waals surface area contributed by atoms with Gasteiger partial charge in [-0.05, 0) is 67.2 Å². The lowest BCUT2D eigenvalue weighted by atomic mass is 9.80. The zero-order valence-electron chi connectivity index (χ0n) is 18.0. The van der Waals surface area contributed by atoms with Crippen LogP contribution in [0, 0.1) is 11.7 Å². The van der Waals surface area contributed by atoms with Crippen molar-refractivity contribution in [2.24, 2.45) is 5.92 Å². The second-order valence-corrected chi connectivity index (χ2v) is 8.43. The van der Waals surface area contributed by atoms with Gasteiger partial charge in [-0.2, -0.15) is 13.2 Å². The lowest BCUT2D eigenvalue weighted by molar-refractivity contribution is -0.137. The van der Waals surface area contributed by atoms with E-state index < -0.39 is 11.7 Å². The summed E-state index contributed by atoms with van der Waals surface area (Å²) >= 11 is 0. The Kier molecular flexibility index (Phi) is 8.50. The van der Waals surface area contributed by atoms with Crippen LogP contribution in [0.1, 0.15) is 55.2 Å². The molecule has 6 heteroatoms. The Morgan fingerprint density at radius 3 is 2.55 bits per heavy atom. The van der Waals surface area contributed by atoms with Gasteiger partial charge in [0.1, 0.15) is 5.82 Å². The van der Waals surface area contributed by atoms with Gasteiger partial charge in [-0.25, -0.2) is 4.39 Å². The van der Waals surface area contributed by atoms with Gasteiger partial charge in [-0.15, -0.1) is 0 Å². The van der Waals surface area contributed by atoms with Crippen molar-refractivity contribution in [1.82, 2.24) is 4.90 Å². The maximum atomic E-state index is 13.4. The van der Waals surface area contributed by atoms with E-state index in [0.717, 1.165) is 50.2 Å². The molecule has 2 atom stereocenters. The standard InChI is InChI=1S/C25H31F4NO/c1-2-3-4-13-30-14-12-24(20-8-10-23(26)11-9-20)21(16-30)18-31-17-19-6-5-7-22(15-19)25(27,28)29/h5-11,15,21,24H,2-4,12-14,16-18H2,1H3/t21-,24-/m0/s1. The van der Waals surface area contributed by atoms with Gasteiger partial charge in [0.05, 0.1) is 18.8 Å². The molecule has 3 rings (SSSR count). The van der Waals surface area contributed by atoms with E-state index in [-0.39, 0.29) is 24.3 Å². The quantitative estimate of drug-likeness (QED) is 0.321. The molecule has 170 valence electrons. The van der Waals surface area contributed by atoms with Gasteiger partial charge in [-0.1, -0.05) is 44.0 Å². The van der Waals surface area contributed by atoms with E-state index in [1.54, 1.807) is 6.07 Å². The van der Waals surface area contributed by atoms with Gasteiger partial charge < -0.3 is 9.64 Å². The van der Waals surface area contributed by atoms with Crippen LogP contribution in [-0.4, -0.2) is 31.1 Å². The van der Waals surface area contributed by atoms with E-state index in [9.17, 15) is 17.6 Å². The van der Waals surface area contributed by atoms with Crippen LogP contribution < -0.4 is 0 Å². The molecule has 0 bridgehead atoms. The van der Waals surface area contributed by atoms with Crippen molar-refractivity contribution in [2.75, 3.05) is 26.2 Å². The average molecular weight is 438 g/mol. The van der Waals surface area contributed by atoms with Crippen LogP contribution >= 0.6 is 0 Å². The normalized spacial score (nSPS) is 20.2. The minimum atomic E-state index is -4.36. The largest absolute Gasteiger partial charge is 0.416 e. The summed E-state index contributed by atoms with van der Waals surface area (Å²) in [7, 11) is 0. The Hall–Kier alpha value is -1.92. The van der Waals surface area contributed by atoms with Crippen molar-refractivity contribution in [1.29, 1.82) is 0 Å². The van der Waals surface area contributed by atoms with E-state index in [1.165, 1.54) is 31.0 Å². The van der Waals surface area contributed by atoms with Gasteiger partial charge in [-0.3, -0.25) is 0 Å². The van der Waals surface area contributed by atoms with Crippen molar-refractivity contribution < 1.29 is 22.3 Å². The Bertz CT molecular complexity index is 806. The van der Waals surface area contributed by atoms with Crippen LogP contribution in [0.2, 0.25) is 0 Å². The van der Waals surface area contributed by atoms with Crippen molar-refractivity contribution in [3.63, 3.8) is 0 Å². The number of nitrogens with zero attached hydrogens (tertiary/aromatic N) is 1. The first-order chi connectivity index (χ1) is 14.9. The van der Waals surface area contributed by atoms with E-state index in [1.807, 2.05) is 12.1 Å². The Morgan fingerprint density at radius 1 is 1.06 bits per heavy atom. The molecule has 2 aromatic carbocycles. The lowest BCUT2D eigenvalue weighted by Crippen LogP contribution is -2.41. The van der Waals surface area contributed by atoms with Gasteiger partial charge >= 0.3 is 6.18 Å². The summed E-state index contributed by atoms with van der Waals surface area (Å²) in [5.74, 6) is 0.217. The Balaban J connectivity index is 1.64. The lowest BCUT2D eigenvalue weighted by Gasteiger charge is -2.39. The van der Waals surface area contributed by atoms with Gasteiger partial charge in [0.2, 0.25) is 0 Å². The summed E-state index contributed by atoms with van der Waals surface area (Å²) in [4.78, 5) is 2.45. The highest BCUT2D eigenvalue weighted by Crippen LogP contribution is 2.34. The summed E-state index contributed by atoms with van der Waals surface area (Å²) < 4.78 is 58.1. The molecule has 1 aliphatic rings. The molecule has 1 heterocycles.